The first-order valence-electron chi connectivity index (χ1n) is 7.93. The van der Waals surface area contributed by atoms with Crippen LogP contribution in [-0.2, 0) is 16.2 Å². The molecule has 0 bridgehead atoms. The van der Waals surface area contributed by atoms with Gasteiger partial charge in [0.2, 0.25) is 6.10 Å². The third-order valence-corrected chi connectivity index (χ3v) is 4.26. The molecule has 25 heavy (non-hydrogen) atoms. The molecular weight excluding hydrogens is 344 g/mol. The molecule has 1 aliphatic rings. The van der Waals surface area contributed by atoms with E-state index in [1.165, 1.54) is 7.11 Å². The molecule has 8 heteroatoms. The summed E-state index contributed by atoms with van der Waals surface area (Å²) < 4.78 is 6.93. The highest BCUT2D eigenvalue weighted by Gasteiger charge is 2.30. The summed E-state index contributed by atoms with van der Waals surface area (Å²) in [4.78, 5) is 17.7. The number of hydrogen-bond donors (Lipinski definition) is 1. The molecule has 0 radical (unpaired) electrons. The number of oxime groups is 1. The molecule has 7 nitrogen and oxygen atoms in total. The number of ether oxygens (including phenoxy) is 1. The second-order valence-corrected chi connectivity index (χ2v) is 6.07. The summed E-state index contributed by atoms with van der Waals surface area (Å²) in [5.41, 5.74) is 3.07. The van der Waals surface area contributed by atoms with Gasteiger partial charge in [0.15, 0.2) is 0 Å². The fraction of sp³-hybridized carbons (Fsp3) is 0.353. The summed E-state index contributed by atoms with van der Waals surface area (Å²) in [5, 5.41) is 11.7. The normalized spacial score (nSPS) is 16.3. The van der Waals surface area contributed by atoms with Crippen LogP contribution in [0.4, 0.5) is 5.69 Å². The minimum absolute atomic E-state index is 0.277. The minimum Gasteiger partial charge on any atom is -0.495 e. The van der Waals surface area contributed by atoms with E-state index in [2.05, 4.69) is 15.6 Å². The van der Waals surface area contributed by atoms with Gasteiger partial charge in [-0.3, -0.25) is 9.48 Å². The predicted octanol–water partition coefficient (Wildman–Crippen LogP) is 3.01. The first-order valence-corrected chi connectivity index (χ1v) is 8.31. The molecule has 3 rings (SSSR count). The van der Waals surface area contributed by atoms with Crippen LogP contribution in [-0.4, -0.2) is 34.6 Å². The molecule has 1 aromatic carbocycles. The predicted molar refractivity (Wildman–Crippen MR) is 95.3 cm³/mol. The molecule has 0 fully saturated rings. The van der Waals surface area contributed by atoms with Crippen molar-refractivity contribution in [3.8, 4) is 5.75 Å². The van der Waals surface area contributed by atoms with Gasteiger partial charge >= 0.3 is 0 Å². The van der Waals surface area contributed by atoms with E-state index >= 15 is 0 Å². The number of amides is 1. The molecule has 1 amide bonds. The zero-order valence-corrected chi connectivity index (χ0v) is 15.0. The van der Waals surface area contributed by atoms with E-state index in [9.17, 15) is 4.79 Å². The Labute approximate surface area is 150 Å². The van der Waals surface area contributed by atoms with Crippen molar-refractivity contribution >= 4 is 28.9 Å². The Morgan fingerprint density at radius 3 is 2.96 bits per heavy atom. The SMILES string of the molecule is CCn1cc(C2=NOC(C(=O)Nc3ccc(OC)c(Cl)c3)C2)c(C)n1. The third-order valence-electron chi connectivity index (χ3n) is 3.96. The van der Waals surface area contributed by atoms with Crippen LogP contribution in [0.2, 0.25) is 5.02 Å². The molecule has 2 aromatic rings. The summed E-state index contributed by atoms with van der Waals surface area (Å²) in [6.45, 7) is 4.70. The highest BCUT2D eigenvalue weighted by Crippen LogP contribution is 2.28. The summed E-state index contributed by atoms with van der Waals surface area (Å²) in [6, 6.07) is 5.04. The van der Waals surface area contributed by atoms with Crippen molar-refractivity contribution in [2.24, 2.45) is 5.16 Å². The molecule has 0 spiro atoms. The van der Waals surface area contributed by atoms with Crippen molar-refractivity contribution in [3.63, 3.8) is 0 Å². The summed E-state index contributed by atoms with van der Waals surface area (Å²) in [5.74, 6) is 0.270. The molecule has 1 N–H and O–H groups in total. The van der Waals surface area contributed by atoms with Gasteiger partial charge in [-0.05, 0) is 32.0 Å². The number of rotatable bonds is 5. The van der Waals surface area contributed by atoms with Gasteiger partial charge in [-0.25, -0.2) is 0 Å². The van der Waals surface area contributed by atoms with Crippen molar-refractivity contribution in [3.05, 3.63) is 40.7 Å². The van der Waals surface area contributed by atoms with Gasteiger partial charge in [0.05, 0.1) is 23.5 Å². The van der Waals surface area contributed by atoms with Gasteiger partial charge in [-0.2, -0.15) is 5.10 Å². The zero-order valence-electron chi connectivity index (χ0n) is 14.2. The van der Waals surface area contributed by atoms with E-state index in [0.717, 1.165) is 23.5 Å². The number of benzene rings is 1. The summed E-state index contributed by atoms with van der Waals surface area (Å²) in [7, 11) is 1.54. The lowest BCUT2D eigenvalue weighted by Gasteiger charge is -2.11. The minimum atomic E-state index is -0.680. The van der Waals surface area contributed by atoms with Gasteiger partial charge in [0.1, 0.15) is 5.75 Å². The highest BCUT2D eigenvalue weighted by atomic mass is 35.5. The highest BCUT2D eigenvalue weighted by molar-refractivity contribution is 6.32. The lowest BCUT2D eigenvalue weighted by atomic mass is 10.1. The number of anilines is 1. The van der Waals surface area contributed by atoms with Gasteiger partial charge in [-0.15, -0.1) is 0 Å². The van der Waals surface area contributed by atoms with Crippen LogP contribution in [0.1, 0.15) is 24.6 Å². The lowest BCUT2D eigenvalue weighted by molar-refractivity contribution is -0.125. The second-order valence-electron chi connectivity index (χ2n) is 5.66. The Hall–Kier alpha value is -2.54. The van der Waals surface area contributed by atoms with E-state index in [4.69, 9.17) is 21.2 Å². The maximum atomic E-state index is 12.4. The van der Waals surface area contributed by atoms with Crippen molar-refractivity contribution in [2.75, 3.05) is 12.4 Å². The van der Waals surface area contributed by atoms with Crippen LogP contribution in [0.15, 0.2) is 29.6 Å². The Morgan fingerprint density at radius 2 is 2.32 bits per heavy atom. The van der Waals surface area contributed by atoms with E-state index in [-0.39, 0.29) is 5.91 Å². The number of hydrogen-bond acceptors (Lipinski definition) is 5. The Morgan fingerprint density at radius 1 is 1.52 bits per heavy atom. The number of methoxy groups -OCH3 is 1. The second kappa shape index (κ2) is 7.14. The van der Waals surface area contributed by atoms with E-state index in [1.807, 2.05) is 24.7 Å². The van der Waals surface area contributed by atoms with E-state index in [0.29, 0.717) is 22.9 Å². The van der Waals surface area contributed by atoms with Crippen LogP contribution in [0.3, 0.4) is 0 Å². The smallest absolute Gasteiger partial charge is 0.268 e. The molecule has 132 valence electrons. The topological polar surface area (TPSA) is 77.7 Å². The van der Waals surface area contributed by atoms with Crippen LogP contribution in [0.5, 0.6) is 5.75 Å². The fourth-order valence-corrected chi connectivity index (χ4v) is 2.86. The summed E-state index contributed by atoms with van der Waals surface area (Å²) in [6.07, 6.45) is 1.63. The van der Waals surface area contributed by atoms with Crippen LogP contribution in [0, 0.1) is 6.92 Å². The molecule has 1 unspecified atom stereocenters. The Balaban J connectivity index is 1.65. The standard InChI is InChI=1S/C17H19ClN4O3/c1-4-22-9-12(10(2)20-22)14-8-16(25-21-14)17(23)19-11-5-6-15(24-3)13(18)7-11/h5-7,9,16H,4,8H2,1-3H3,(H,19,23). The lowest BCUT2D eigenvalue weighted by Crippen LogP contribution is -2.28. The van der Waals surface area contributed by atoms with Crippen molar-refractivity contribution < 1.29 is 14.4 Å². The summed E-state index contributed by atoms with van der Waals surface area (Å²) >= 11 is 6.07. The molecule has 0 aliphatic carbocycles. The van der Waals surface area contributed by atoms with E-state index < -0.39 is 6.10 Å². The number of aromatic nitrogens is 2. The Kier molecular flexibility index (Phi) is 4.94. The fourth-order valence-electron chi connectivity index (χ4n) is 2.61. The van der Waals surface area contributed by atoms with Gasteiger partial charge in [0.25, 0.3) is 5.91 Å². The number of carbonyl (C=O) groups is 1. The quantitative estimate of drug-likeness (QED) is 0.886. The molecule has 1 aromatic heterocycles. The van der Waals surface area contributed by atoms with Gasteiger partial charge < -0.3 is 14.9 Å². The molecule has 0 saturated heterocycles. The molecular formula is C17H19ClN4O3. The van der Waals surface area contributed by atoms with Crippen molar-refractivity contribution in [2.45, 2.75) is 32.9 Å². The maximum Gasteiger partial charge on any atom is 0.268 e. The first-order chi connectivity index (χ1) is 12.0. The van der Waals surface area contributed by atoms with Crippen molar-refractivity contribution in [1.82, 2.24) is 9.78 Å². The monoisotopic (exact) mass is 362 g/mol. The first kappa shape index (κ1) is 17.3. The Bertz CT molecular complexity index is 831. The number of aryl methyl sites for hydroxylation is 2. The van der Waals surface area contributed by atoms with Gasteiger partial charge in [-0.1, -0.05) is 16.8 Å². The number of nitrogens with one attached hydrogen (secondary N) is 1. The third kappa shape index (κ3) is 3.61. The van der Waals surface area contributed by atoms with Crippen LogP contribution in [0.25, 0.3) is 0 Å². The molecule has 1 aliphatic heterocycles. The van der Waals surface area contributed by atoms with Gasteiger partial charge in [0, 0.05) is 30.4 Å². The zero-order chi connectivity index (χ0) is 18.0. The van der Waals surface area contributed by atoms with Crippen LogP contribution < -0.4 is 10.1 Å². The largest absolute Gasteiger partial charge is 0.495 e. The molecule has 0 saturated carbocycles. The van der Waals surface area contributed by atoms with Crippen LogP contribution >= 0.6 is 11.6 Å². The number of halogens is 1. The molecule has 1 atom stereocenters. The average molecular weight is 363 g/mol. The van der Waals surface area contributed by atoms with Crippen molar-refractivity contribution in [1.29, 1.82) is 0 Å². The number of carbonyl (C=O) groups excluding carboxylic acids is 1. The average Bonchev–Trinajstić information content (AvgIpc) is 3.21. The maximum absolute atomic E-state index is 12.4. The number of nitrogens with zero attached hydrogens (tertiary/aromatic N) is 3. The van der Waals surface area contributed by atoms with E-state index in [1.54, 1.807) is 18.2 Å². The molecule has 2 heterocycles.